The van der Waals surface area contributed by atoms with E-state index in [2.05, 4.69) is 26.8 Å². The van der Waals surface area contributed by atoms with Crippen molar-refractivity contribution in [1.82, 2.24) is 0 Å². The van der Waals surface area contributed by atoms with Crippen molar-refractivity contribution in [3.63, 3.8) is 0 Å². The van der Waals surface area contributed by atoms with Gasteiger partial charge in [0.15, 0.2) is 0 Å². The van der Waals surface area contributed by atoms with Crippen LogP contribution in [0.15, 0.2) is 11.6 Å². The van der Waals surface area contributed by atoms with Gasteiger partial charge in [-0.3, -0.25) is 4.79 Å². The Morgan fingerprint density at radius 1 is 1.36 bits per heavy atom. The highest BCUT2D eigenvalue weighted by Gasteiger charge is 2.42. The molecule has 0 aromatic heterocycles. The van der Waals surface area contributed by atoms with Gasteiger partial charge in [-0.25, -0.2) is 0 Å². The molecular formula is C13H22O. The lowest BCUT2D eigenvalue weighted by molar-refractivity contribution is -0.120. The topological polar surface area (TPSA) is 17.1 Å². The number of ketones is 1. The number of allylic oxidation sites excluding steroid dienone is 2. The SMILES string of the molecule is CC(=O)C(C)CC1(CC=C(C)C)CC1. The fourth-order valence-corrected chi connectivity index (χ4v) is 1.88. The zero-order chi connectivity index (χ0) is 10.8. The summed E-state index contributed by atoms with van der Waals surface area (Å²) in [5.74, 6) is 0.594. The molecule has 0 saturated heterocycles. The monoisotopic (exact) mass is 194 g/mol. The van der Waals surface area contributed by atoms with Gasteiger partial charge in [-0.15, -0.1) is 0 Å². The van der Waals surface area contributed by atoms with Gasteiger partial charge >= 0.3 is 0 Å². The van der Waals surface area contributed by atoms with Gasteiger partial charge in [0.1, 0.15) is 5.78 Å². The van der Waals surface area contributed by atoms with E-state index in [0.29, 0.717) is 11.2 Å². The van der Waals surface area contributed by atoms with E-state index in [-0.39, 0.29) is 5.92 Å². The third-order valence-electron chi connectivity index (χ3n) is 3.33. The summed E-state index contributed by atoms with van der Waals surface area (Å²) in [6.07, 6.45) is 7.21. The molecule has 0 spiro atoms. The zero-order valence-electron chi connectivity index (χ0n) is 9.89. The van der Waals surface area contributed by atoms with Crippen molar-refractivity contribution in [1.29, 1.82) is 0 Å². The van der Waals surface area contributed by atoms with Gasteiger partial charge in [0.25, 0.3) is 0 Å². The van der Waals surface area contributed by atoms with Crippen LogP contribution in [0, 0.1) is 11.3 Å². The first-order valence-corrected chi connectivity index (χ1v) is 5.59. The maximum Gasteiger partial charge on any atom is 0.132 e. The lowest BCUT2D eigenvalue weighted by Crippen LogP contribution is -2.13. The molecule has 1 heteroatoms. The maximum atomic E-state index is 11.2. The number of hydrogen-bond acceptors (Lipinski definition) is 1. The molecule has 0 aromatic carbocycles. The van der Waals surface area contributed by atoms with E-state index in [0.717, 1.165) is 6.42 Å². The number of hydrogen-bond donors (Lipinski definition) is 0. The Bertz CT molecular complexity index is 242. The van der Waals surface area contributed by atoms with Gasteiger partial charge in [0.2, 0.25) is 0 Å². The Balaban J connectivity index is 2.43. The fraction of sp³-hybridized carbons (Fsp3) is 0.769. The minimum absolute atomic E-state index is 0.253. The Morgan fingerprint density at radius 2 is 1.93 bits per heavy atom. The van der Waals surface area contributed by atoms with Crippen molar-refractivity contribution in [2.45, 2.75) is 53.4 Å². The molecule has 80 valence electrons. The summed E-state index contributed by atoms with van der Waals surface area (Å²) >= 11 is 0. The molecule has 0 amide bonds. The third kappa shape index (κ3) is 3.28. The van der Waals surface area contributed by atoms with Gasteiger partial charge in [0, 0.05) is 5.92 Å². The van der Waals surface area contributed by atoms with Crippen LogP contribution in [0.25, 0.3) is 0 Å². The van der Waals surface area contributed by atoms with Crippen LogP contribution in [0.3, 0.4) is 0 Å². The van der Waals surface area contributed by atoms with Crippen LogP contribution < -0.4 is 0 Å². The number of carbonyl (C=O) groups is 1. The predicted octanol–water partition coefficient (Wildman–Crippen LogP) is 3.74. The summed E-state index contributed by atoms with van der Waals surface area (Å²) in [4.78, 5) is 11.2. The number of carbonyl (C=O) groups excluding carboxylic acids is 1. The summed E-state index contributed by atoms with van der Waals surface area (Å²) in [6.45, 7) is 8.06. The van der Waals surface area contributed by atoms with Crippen LogP contribution in [0.4, 0.5) is 0 Å². The van der Waals surface area contributed by atoms with E-state index in [1.54, 1.807) is 6.92 Å². The highest BCUT2D eigenvalue weighted by molar-refractivity contribution is 5.77. The van der Waals surface area contributed by atoms with Crippen molar-refractivity contribution in [3.05, 3.63) is 11.6 Å². The molecule has 1 unspecified atom stereocenters. The van der Waals surface area contributed by atoms with E-state index in [1.807, 2.05) is 0 Å². The molecule has 14 heavy (non-hydrogen) atoms. The van der Waals surface area contributed by atoms with Crippen LogP contribution in [-0.4, -0.2) is 5.78 Å². The quantitative estimate of drug-likeness (QED) is 0.609. The summed E-state index contributed by atoms with van der Waals surface area (Å²) in [7, 11) is 0. The number of rotatable bonds is 5. The smallest absolute Gasteiger partial charge is 0.132 e. The summed E-state index contributed by atoms with van der Waals surface area (Å²) < 4.78 is 0. The van der Waals surface area contributed by atoms with Gasteiger partial charge in [0.05, 0.1) is 0 Å². The van der Waals surface area contributed by atoms with Gasteiger partial charge in [-0.2, -0.15) is 0 Å². The van der Waals surface area contributed by atoms with Crippen molar-refractivity contribution in [2.75, 3.05) is 0 Å². The van der Waals surface area contributed by atoms with Gasteiger partial charge in [-0.05, 0) is 51.9 Å². The maximum absolute atomic E-state index is 11.2. The zero-order valence-corrected chi connectivity index (χ0v) is 9.89. The summed E-state index contributed by atoms with van der Waals surface area (Å²) in [5.41, 5.74) is 1.88. The molecule has 1 atom stereocenters. The standard InChI is InChI=1S/C13H22O/c1-10(2)5-6-13(7-8-13)9-11(3)12(4)14/h5,11H,6-9H2,1-4H3. The van der Waals surface area contributed by atoms with Crippen LogP contribution in [0.1, 0.15) is 53.4 Å². The lowest BCUT2D eigenvalue weighted by Gasteiger charge is -2.16. The fourth-order valence-electron chi connectivity index (χ4n) is 1.88. The molecule has 1 nitrogen and oxygen atoms in total. The second kappa shape index (κ2) is 4.29. The van der Waals surface area contributed by atoms with E-state index in [1.165, 1.54) is 24.8 Å². The van der Waals surface area contributed by atoms with E-state index in [4.69, 9.17) is 0 Å². The second-order valence-electron chi connectivity index (χ2n) is 5.20. The minimum atomic E-state index is 0.253. The Labute approximate surface area is 87.6 Å². The Hall–Kier alpha value is -0.590. The molecule has 0 bridgehead atoms. The molecule has 1 aliphatic carbocycles. The van der Waals surface area contributed by atoms with Crippen LogP contribution in [0.5, 0.6) is 0 Å². The van der Waals surface area contributed by atoms with Crippen molar-refractivity contribution >= 4 is 5.78 Å². The molecule has 0 aromatic rings. The van der Waals surface area contributed by atoms with E-state index < -0.39 is 0 Å². The highest BCUT2D eigenvalue weighted by atomic mass is 16.1. The Morgan fingerprint density at radius 3 is 2.29 bits per heavy atom. The second-order valence-corrected chi connectivity index (χ2v) is 5.20. The lowest BCUT2D eigenvalue weighted by atomic mass is 9.88. The van der Waals surface area contributed by atoms with Crippen LogP contribution >= 0.6 is 0 Å². The summed E-state index contributed by atoms with van der Waals surface area (Å²) in [6, 6.07) is 0. The third-order valence-corrected chi connectivity index (χ3v) is 3.33. The average Bonchev–Trinajstić information content (AvgIpc) is 2.82. The van der Waals surface area contributed by atoms with E-state index >= 15 is 0 Å². The Kier molecular flexibility index (Phi) is 3.52. The minimum Gasteiger partial charge on any atom is -0.300 e. The van der Waals surface area contributed by atoms with Crippen LogP contribution in [-0.2, 0) is 4.79 Å². The van der Waals surface area contributed by atoms with Crippen molar-refractivity contribution in [3.8, 4) is 0 Å². The van der Waals surface area contributed by atoms with Gasteiger partial charge in [-0.1, -0.05) is 18.6 Å². The largest absolute Gasteiger partial charge is 0.300 e. The molecular weight excluding hydrogens is 172 g/mol. The van der Waals surface area contributed by atoms with Crippen molar-refractivity contribution in [2.24, 2.45) is 11.3 Å². The molecule has 0 radical (unpaired) electrons. The van der Waals surface area contributed by atoms with Crippen molar-refractivity contribution < 1.29 is 4.79 Å². The number of Topliss-reactive ketones (excluding diaryl/α,β-unsaturated/α-hetero) is 1. The first-order chi connectivity index (χ1) is 6.45. The first kappa shape index (κ1) is 11.5. The first-order valence-electron chi connectivity index (χ1n) is 5.59. The highest BCUT2D eigenvalue weighted by Crippen LogP contribution is 2.53. The molecule has 0 heterocycles. The molecule has 1 fully saturated rings. The summed E-state index contributed by atoms with van der Waals surface area (Å²) in [5, 5.41) is 0. The predicted molar refractivity (Wildman–Crippen MR) is 60.2 cm³/mol. The van der Waals surface area contributed by atoms with Gasteiger partial charge < -0.3 is 0 Å². The normalized spacial score (nSPS) is 20.0. The average molecular weight is 194 g/mol. The molecule has 0 aliphatic heterocycles. The molecule has 1 aliphatic rings. The van der Waals surface area contributed by atoms with E-state index in [9.17, 15) is 4.79 Å². The molecule has 1 saturated carbocycles. The molecule has 0 N–H and O–H groups in total. The van der Waals surface area contributed by atoms with Crippen LogP contribution in [0.2, 0.25) is 0 Å². The molecule has 1 rings (SSSR count).